The Morgan fingerprint density at radius 1 is 1.19 bits per heavy atom. The summed E-state index contributed by atoms with van der Waals surface area (Å²) in [4.78, 5) is 0. The number of allylic oxidation sites excluding steroid dienone is 2. The minimum Gasteiger partial charge on any atom is -0.396 e. The maximum absolute atomic E-state index is 9.15. The minimum absolute atomic E-state index is 0.0871. The van der Waals surface area contributed by atoms with Crippen LogP contribution in [0.1, 0.15) is 12.0 Å². The van der Waals surface area contributed by atoms with Crippen LogP contribution in [0.4, 0.5) is 0 Å². The van der Waals surface area contributed by atoms with Crippen LogP contribution in [-0.4, -0.2) is 23.4 Å². The Hall–Kier alpha value is -1.12. The first-order valence-corrected chi connectivity index (χ1v) is 5.73. The van der Waals surface area contributed by atoms with Crippen molar-refractivity contribution in [3.05, 3.63) is 48.0 Å². The summed E-state index contributed by atoms with van der Waals surface area (Å²) in [5.74, 6) is 0.353. The van der Waals surface area contributed by atoms with Crippen LogP contribution in [0.2, 0.25) is 0 Å². The Labute approximate surface area is 96.2 Å². The molecule has 1 fully saturated rings. The molecule has 0 heterocycles. The molecule has 86 valence electrons. The van der Waals surface area contributed by atoms with Gasteiger partial charge in [-0.25, -0.2) is 0 Å². The highest BCUT2D eigenvalue weighted by atomic mass is 16.3. The maximum Gasteiger partial charge on any atom is 0.0515 e. The fourth-order valence-corrected chi connectivity index (χ4v) is 2.05. The Kier molecular flexibility index (Phi) is 3.42. The molecule has 0 radical (unpaired) electrons. The summed E-state index contributed by atoms with van der Waals surface area (Å²) >= 11 is 0. The van der Waals surface area contributed by atoms with Gasteiger partial charge in [0, 0.05) is 5.41 Å². The highest BCUT2D eigenvalue weighted by Crippen LogP contribution is 2.52. The van der Waals surface area contributed by atoms with E-state index >= 15 is 0 Å². The van der Waals surface area contributed by atoms with E-state index in [1.807, 2.05) is 18.2 Å². The van der Waals surface area contributed by atoms with E-state index in [0.717, 1.165) is 12.8 Å². The molecule has 2 heteroatoms. The molecule has 0 unspecified atom stereocenters. The number of rotatable bonds is 5. The van der Waals surface area contributed by atoms with Crippen LogP contribution in [0.15, 0.2) is 42.5 Å². The van der Waals surface area contributed by atoms with Gasteiger partial charge in [0.1, 0.15) is 0 Å². The SMILES string of the molecule is OCC1(CO)C[C@@H]1/C=C\Cc1ccccc1. The van der Waals surface area contributed by atoms with Crippen LogP contribution in [0, 0.1) is 11.3 Å². The average molecular weight is 218 g/mol. The molecule has 2 rings (SSSR count). The molecule has 1 aromatic carbocycles. The van der Waals surface area contributed by atoms with Crippen LogP contribution >= 0.6 is 0 Å². The molecule has 1 aliphatic rings. The van der Waals surface area contributed by atoms with Crippen LogP contribution in [-0.2, 0) is 6.42 Å². The van der Waals surface area contributed by atoms with Crippen LogP contribution in [0.5, 0.6) is 0 Å². The Morgan fingerprint density at radius 3 is 2.44 bits per heavy atom. The monoisotopic (exact) mass is 218 g/mol. The third kappa shape index (κ3) is 2.34. The van der Waals surface area contributed by atoms with E-state index in [0.29, 0.717) is 5.92 Å². The number of hydrogen-bond donors (Lipinski definition) is 2. The van der Waals surface area contributed by atoms with Crippen molar-refractivity contribution >= 4 is 0 Å². The molecule has 1 aliphatic carbocycles. The summed E-state index contributed by atoms with van der Waals surface area (Å²) in [5.41, 5.74) is 1.06. The lowest BCUT2D eigenvalue weighted by atomic mass is 10.1. The van der Waals surface area contributed by atoms with E-state index in [-0.39, 0.29) is 18.6 Å². The topological polar surface area (TPSA) is 40.5 Å². The van der Waals surface area contributed by atoms with E-state index in [2.05, 4.69) is 24.3 Å². The van der Waals surface area contributed by atoms with Crippen molar-refractivity contribution in [1.29, 1.82) is 0 Å². The Balaban J connectivity index is 1.84. The predicted molar refractivity (Wildman–Crippen MR) is 64.0 cm³/mol. The minimum atomic E-state index is -0.229. The van der Waals surface area contributed by atoms with Crippen LogP contribution in [0.25, 0.3) is 0 Å². The van der Waals surface area contributed by atoms with Crippen molar-refractivity contribution in [2.24, 2.45) is 11.3 Å². The van der Waals surface area contributed by atoms with E-state index in [4.69, 9.17) is 10.2 Å². The zero-order valence-electron chi connectivity index (χ0n) is 9.34. The van der Waals surface area contributed by atoms with Gasteiger partial charge < -0.3 is 10.2 Å². The number of benzene rings is 1. The quantitative estimate of drug-likeness (QED) is 0.740. The summed E-state index contributed by atoms with van der Waals surface area (Å²) in [6.45, 7) is 0.174. The molecule has 0 aliphatic heterocycles. The molecule has 0 bridgehead atoms. The normalized spacial score (nSPS) is 22.5. The largest absolute Gasteiger partial charge is 0.396 e. The Morgan fingerprint density at radius 2 is 1.88 bits per heavy atom. The van der Waals surface area contributed by atoms with Gasteiger partial charge in [0.25, 0.3) is 0 Å². The lowest BCUT2D eigenvalue weighted by Crippen LogP contribution is -2.14. The second-order valence-corrected chi connectivity index (χ2v) is 4.61. The van der Waals surface area contributed by atoms with Gasteiger partial charge in [0.2, 0.25) is 0 Å². The molecule has 1 saturated carbocycles. The van der Waals surface area contributed by atoms with Gasteiger partial charge >= 0.3 is 0 Å². The van der Waals surface area contributed by atoms with Gasteiger partial charge in [-0.3, -0.25) is 0 Å². The van der Waals surface area contributed by atoms with Crippen molar-refractivity contribution in [2.45, 2.75) is 12.8 Å². The molecule has 1 atom stereocenters. The molecule has 0 saturated heterocycles. The van der Waals surface area contributed by atoms with E-state index in [9.17, 15) is 0 Å². The summed E-state index contributed by atoms with van der Waals surface area (Å²) in [7, 11) is 0. The summed E-state index contributed by atoms with van der Waals surface area (Å²) in [6, 6.07) is 10.3. The summed E-state index contributed by atoms with van der Waals surface area (Å²) in [5, 5.41) is 18.3. The predicted octanol–water partition coefficient (Wildman–Crippen LogP) is 1.78. The molecular weight excluding hydrogens is 200 g/mol. The van der Waals surface area contributed by atoms with E-state index in [1.165, 1.54) is 5.56 Å². The molecule has 16 heavy (non-hydrogen) atoms. The van der Waals surface area contributed by atoms with E-state index < -0.39 is 0 Å². The highest BCUT2D eigenvalue weighted by Gasteiger charge is 2.51. The molecule has 0 spiro atoms. The fraction of sp³-hybridized carbons (Fsp3) is 0.429. The molecule has 2 N–H and O–H groups in total. The van der Waals surface area contributed by atoms with Gasteiger partial charge in [0.15, 0.2) is 0 Å². The van der Waals surface area contributed by atoms with E-state index in [1.54, 1.807) is 0 Å². The third-order valence-electron chi connectivity index (χ3n) is 3.45. The average Bonchev–Trinajstić information content (AvgIpc) is 3.05. The second kappa shape index (κ2) is 4.81. The van der Waals surface area contributed by atoms with Gasteiger partial charge in [-0.1, -0.05) is 42.5 Å². The highest BCUT2D eigenvalue weighted by molar-refractivity contribution is 5.19. The Bertz CT molecular complexity index is 352. The lowest BCUT2D eigenvalue weighted by Gasteiger charge is -2.07. The summed E-state index contributed by atoms with van der Waals surface area (Å²) in [6.07, 6.45) is 6.09. The first-order chi connectivity index (χ1) is 7.80. The summed E-state index contributed by atoms with van der Waals surface area (Å²) < 4.78 is 0. The zero-order chi connectivity index (χ0) is 11.4. The van der Waals surface area contributed by atoms with Crippen LogP contribution in [0.3, 0.4) is 0 Å². The van der Waals surface area contributed by atoms with Crippen molar-refractivity contribution in [3.8, 4) is 0 Å². The molecule has 0 amide bonds. The van der Waals surface area contributed by atoms with Gasteiger partial charge in [-0.2, -0.15) is 0 Å². The van der Waals surface area contributed by atoms with Crippen molar-refractivity contribution in [3.63, 3.8) is 0 Å². The zero-order valence-corrected chi connectivity index (χ0v) is 9.34. The smallest absolute Gasteiger partial charge is 0.0515 e. The number of aliphatic hydroxyl groups excluding tert-OH is 2. The van der Waals surface area contributed by atoms with Gasteiger partial charge in [-0.15, -0.1) is 0 Å². The number of aliphatic hydroxyl groups is 2. The molecule has 1 aromatic rings. The first-order valence-electron chi connectivity index (χ1n) is 5.73. The second-order valence-electron chi connectivity index (χ2n) is 4.61. The maximum atomic E-state index is 9.15. The number of hydrogen-bond acceptors (Lipinski definition) is 2. The first kappa shape index (κ1) is 11.4. The third-order valence-corrected chi connectivity index (χ3v) is 3.45. The fourth-order valence-electron chi connectivity index (χ4n) is 2.05. The standard InChI is InChI=1S/C14H18O2/c15-10-14(11-16)9-13(14)8-4-7-12-5-2-1-3-6-12/h1-6,8,13,15-16H,7,9-11H2/b8-4-/t13-/m0/s1. The van der Waals surface area contributed by atoms with Gasteiger partial charge in [-0.05, 0) is 24.3 Å². The molecular formula is C14H18O2. The van der Waals surface area contributed by atoms with Crippen LogP contribution < -0.4 is 0 Å². The molecule has 2 nitrogen and oxygen atoms in total. The van der Waals surface area contributed by atoms with Crippen molar-refractivity contribution < 1.29 is 10.2 Å². The lowest BCUT2D eigenvalue weighted by molar-refractivity contribution is 0.126. The molecule has 0 aromatic heterocycles. The van der Waals surface area contributed by atoms with Crippen molar-refractivity contribution in [2.75, 3.05) is 13.2 Å². The van der Waals surface area contributed by atoms with Gasteiger partial charge in [0.05, 0.1) is 13.2 Å². The van der Waals surface area contributed by atoms with Crippen molar-refractivity contribution in [1.82, 2.24) is 0 Å².